The Kier molecular flexibility index (Phi) is 5.36. The summed E-state index contributed by atoms with van der Waals surface area (Å²) in [4.78, 5) is 15.0. The number of pyridine rings is 1. The largest absolute Gasteiger partial charge is 0.487 e. The normalized spacial score (nSPS) is 9.38. The van der Waals surface area contributed by atoms with Gasteiger partial charge in [-0.2, -0.15) is 0 Å². The number of benzene rings is 1. The summed E-state index contributed by atoms with van der Waals surface area (Å²) in [5.74, 6) is 5.88. The van der Waals surface area contributed by atoms with Crippen molar-refractivity contribution in [3.63, 3.8) is 0 Å². The van der Waals surface area contributed by atoms with Crippen LogP contribution in [-0.2, 0) is 16.1 Å². The summed E-state index contributed by atoms with van der Waals surface area (Å²) in [5, 5.41) is 0. The van der Waals surface area contributed by atoms with Crippen LogP contribution in [0.5, 0.6) is 5.75 Å². The number of hydrogen-bond donors (Lipinski definition) is 0. The van der Waals surface area contributed by atoms with Crippen molar-refractivity contribution in [2.45, 2.75) is 13.0 Å². The molecule has 0 N–H and O–H groups in total. The molecular formula is C17H15NO3. The van der Waals surface area contributed by atoms with Crippen molar-refractivity contribution in [3.8, 4) is 17.6 Å². The number of rotatable bonds is 4. The summed E-state index contributed by atoms with van der Waals surface area (Å²) in [6.45, 7) is 0.474. The molecule has 0 aliphatic heterocycles. The molecule has 0 fully saturated rings. The van der Waals surface area contributed by atoms with E-state index >= 15 is 0 Å². The second kappa shape index (κ2) is 7.71. The molecule has 0 aliphatic rings. The molecule has 2 aromatic rings. The maximum absolute atomic E-state index is 11.0. The summed E-state index contributed by atoms with van der Waals surface area (Å²) in [7, 11) is 1.34. The van der Waals surface area contributed by atoms with Gasteiger partial charge in [0.2, 0.25) is 0 Å². The van der Waals surface area contributed by atoms with Gasteiger partial charge < -0.3 is 9.47 Å². The van der Waals surface area contributed by atoms with E-state index in [2.05, 4.69) is 21.6 Å². The predicted molar refractivity (Wildman–Crippen MR) is 78.5 cm³/mol. The minimum Gasteiger partial charge on any atom is -0.487 e. The van der Waals surface area contributed by atoms with E-state index in [4.69, 9.17) is 4.74 Å². The molecule has 0 amide bonds. The lowest BCUT2D eigenvalue weighted by Crippen LogP contribution is -1.97. The molecule has 0 saturated heterocycles. The second-order valence-corrected chi connectivity index (χ2v) is 4.24. The third-order valence-corrected chi connectivity index (χ3v) is 2.65. The first kappa shape index (κ1) is 14.6. The predicted octanol–water partition coefficient (Wildman–Crippen LogP) is 2.58. The van der Waals surface area contributed by atoms with E-state index < -0.39 is 0 Å². The first-order valence-electron chi connectivity index (χ1n) is 6.45. The van der Waals surface area contributed by atoms with Gasteiger partial charge in [-0.25, -0.2) is 0 Å². The Morgan fingerprint density at radius 3 is 2.81 bits per heavy atom. The average molecular weight is 281 g/mol. The Hall–Kier alpha value is -2.80. The van der Waals surface area contributed by atoms with Crippen molar-refractivity contribution < 1.29 is 14.3 Å². The van der Waals surface area contributed by atoms with Gasteiger partial charge in [-0.1, -0.05) is 42.2 Å². The van der Waals surface area contributed by atoms with Crippen molar-refractivity contribution in [1.29, 1.82) is 0 Å². The number of aromatic nitrogens is 1. The first-order chi connectivity index (χ1) is 10.3. The van der Waals surface area contributed by atoms with E-state index in [0.29, 0.717) is 17.9 Å². The molecule has 0 bridgehead atoms. The minimum atomic E-state index is -0.355. The van der Waals surface area contributed by atoms with Gasteiger partial charge in [0, 0.05) is 11.8 Å². The fourth-order valence-electron chi connectivity index (χ4n) is 1.60. The standard InChI is InChI=1S/C17H15NO3/c1-20-17(19)9-5-8-15-10-16(12-18-11-15)21-13-14-6-3-2-4-7-14/h2-4,6-7,10-12H,9,13H2,1H3. The molecule has 0 spiro atoms. The van der Waals surface area contributed by atoms with E-state index in [-0.39, 0.29) is 12.4 Å². The Balaban J connectivity index is 1.96. The van der Waals surface area contributed by atoms with E-state index in [1.54, 1.807) is 18.5 Å². The maximum Gasteiger partial charge on any atom is 0.317 e. The number of methoxy groups -OCH3 is 1. The Morgan fingerprint density at radius 1 is 1.24 bits per heavy atom. The number of carbonyl (C=O) groups is 1. The Labute approximate surface area is 123 Å². The van der Waals surface area contributed by atoms with Crippen molar-refractivity contribution in [2.75, 3.05) is 7.11 Å². The third kappa shape index (κ3) is 5.00. The third-order valence-electron chi connectivity index (χ3n) is 2.65. The first-order valence-corrected chi connectivity index (χ1v) is 6.45. The zero-order chi connectivity index (χ0) is 14.9. The topological polar surface area (TPSA) is 48.4 Å². The van der Waals surface area contributed by atoms with Crippen molar-refractivity contribution in [3.05, 3.63) is 59.9 Å². The minimum absolute atomic E-state index is 0.0611. The van der Waals surface area contributed by atoms with Crippen LogP contribution in [0, 0.1) is 11.8 Å². The van der Waals surface area contributed by atoms with Crippen LogP contribution in [0.25, 0.3) is 0 Å². The molecule has 0 saturated carbocycles. The van der Waals surface area contributed by atoms with Gasteiger partial charge in [0.15, 0.2) is 0 Å². The molecular weight excluding hydrogens is 266 g/mol. The zero-order valence-corrected chi connectivity index (χ0v) is 11.7. The van der Waals surface area contributed by atoms with Crippen LogP contribution in [-0.4, -0.2) is 18.1 Å². The average Bonchev–Trinajstić information content (AvgIpc) is 2.54. The van der Waals surface area contributed by atoms with E-state index in [0.717, 1.165) is 5.56 Å². The highest BCUT2D eigenvalue weighted by atomic mass is 16.5. The van der Waals surface area contributed by atoms with Gasteiger partial charge in [0.05, 0.1) is 13.3 Å². The van der Waals surface area contributed by atoms with Crippen LogP contribution in [0.15, 0.2) is 48.8 Å². The number of esters is 1. The van der Waals surface area contributed by atoms with Crippen LogP contribution in [0.3, 0.4) is 0 Å². The lowest BCUT2D eigenvalue weighted by molar-refractivity contribution is -0.139. The van der Waals surface area contributed by atoms with Crippen LogP contribution in [0.4, 0.5) is 0 Å². The van der Waals surface area contributed by atoms with E-state index in [1.807, 2.05) is 30.3 Å². The molecule has 0 radical (unpaired) electrons. The highest BCUT2D eigenvalue weighted by Crippen LogP contribution is 2.12. The summed E-state index contributed by atoms with van der Waals surface area (Å²) < 4.78 is 10.2. The molecule has 2 rings (SSSR count). The fourth-order valence-corrected chi connectivity index (χ4v) is 1.60. The number of hydrogen-bond acceptors (Lipinski definition) is 4. The Bertz CT molecular complexity index is 656. The number of carbonyl (C=O) groups excluding carboxylic acids is 1. The van der Waals surface area contributed by atoms with Gasteiger partial charge >= 0.3 is 5.97 Å². The monoisotopic (exact) mass is 281 g/mol. The molecule has 0 atom stereocenters. The maximum atomic E-state index is 11.0. The second-order valence-electron chi connectivity index (χ2n) is 4.24. The van der Waals surface area contributed by atoms with Crippen molar-refractivity contribution in [1.82, 2.24) is 4.98 Å². The molecule has 4 heteroatoms. The SMILES string of the molecule is COC(=O)CC#Cc1cncc(OCc2ccccc2)c1. The van der Waals surface area contributed by atoms with Crippen LogP contribution in [0.2, 0.25) is 0 Å². The lowest BCUT2D eigenvalue weighted by atomic mass is 10.2. The van der Waals surface area contributed by atoms with Gasteiger partial charge in [0.1, 0.15) is 18.8 Å². The summed E-state index contributed by atoms with van der Waals surface area (Å²) >= 11 is 0. The summed E-state index contributed by atoms with van der Waals surface area (Å²) in [5.41, 5.74) is 1.78. The zero-order valence-electron chi connectivity index (χ0n) is 11.7. The quantitative estimate of drug-likeness (QED) is 0.638. The van der Waals surface area contributed by atoms with E-state index in [9.17, 15) is 4.79 Å². The molecule has 106 valence electrons. The van der Waals surface area contributed by atoms with Crippen molar-refractivity contribution >= 4 is 5.97 Å². The fraction of sp³-hybridized carbons (Fsp3) is 0.176. The molecule has 21 heavy (non-hydrogen) atoms. The number of ether oxygens (including phenoxy) is 2. The lowest BCUT2D eigenvalue weighted by Gasteiger charge is -2.05. The summed E-state index contributed by atoms with van der Waals surface area (Å²) in [6, 6.07) is 11.7. The highest BCUT2D eigenvalue weighted by molar-refractivity contribution is 5.72. The van der Waals surface area contributed by atoms with Gasteiger partial charge in [-0.3, -0.25) is 9.78 Å². The molecule has 0 unspecified atom stereocenters. The van der Waals surface area contributed by atoms with Gasteiger partial charge in [-0.15, -0.1) is 0 Å². The van der Waals surface area contributed by atoms with E-state index in [1.165, 1.54) is 7.11 Å². The highest BCUT2D eigenvalue weighted by Gasteiger charge is 1.98. The van der Waals surface area contributed by atoms with Gasteiger partial charge in [0.25, 0.3) is 0 Å². The number of nitrogens with zero attached hydrogens (tertiary/aromatic N) is 1. The van der Waals surface area contributed by atoms with Crippen LogP contribution >= 0.6 is 0 Å². The molecule has 1 aromatic heterocycles. The van der Waals surface area contributed by atoms with Crippen molar-refractivity contribution in [2.24, 2.45) is 0 Å². The van der Waals surface area contributed by atoms with Crippen LogP contribution in [0.1, 0.15) is 17.5 Å². The Morgan fingerprint density at radius 2 is 2.05 bits per heavy atom. The molecule has 4 nitrogen and oxygen atoms in total. The smallest absolute Gasteiger partial charge is 0.317 e. The van der Waals surface area contributed by atoms with Crippen LogP contribution < -0.4 is 4.74 Å². The molecule has 0 aliphatic carbocycles. The molecule has 1 heterocycles. The molecule has 1 aromatic carbocycles. The van der Waals surface area contributed by atoms with Gasteiger partial charge in [-0.05, 0) is 11.6 Å². The summed E-state index contributed by atoms with van der Waals surface area (Å²) in [6.07, 6.45) is 3.32.